The Morgan fingerprint density at radius 1 is 1.23 bits per heavy atom. The van der Waals surface area contributed by atoms with Gasteiger partial charge in [-0.3, -0.25) is 10.1 Å². The quantitative estimate of drug-likeness (QED) is 0.566. The molecule has 0 aliphatic heterocycles. The van der Waals surface area contributed by atoms with E-state index in [0.29, 0.717) is 5.56 Å². The third-order valence-electron chi connectivity index (χ3n) is 2.75. The number of alkyl halides is 3. The van der Waals surface area contributed by atoms with Gasteiger partial charge in [0.05, 0.1) is 11.3 Å². The molecule has 0 saturated carbocycles. The summed E-state index contributed by atoms with van der Waals surface area (Å²) in [6, 6.07) is 7.24. The largest absolute Gasteiger partial charge is 0.445 e. The van der Waals surface area contributed by atoms with Crippen molar-refractivity contribution in [3.63, 3.8) is 0 Å². The van der Waals surface area contributed by atoms with E-state index in [-0.39, 0.29) is 33.3 Å². The molecule has 3 aromatic rings. The first-order valence-corrected chi connectivity index (χ1v) is 9.34. The number of nitrogens with one attached hydrogen (secondary N) is 1. The highest BCUT2D eigenvalue weighted by Gasteiger charge is 2.35. The average Bonchev–Trinajstić information content (AvgIpc) is 3.22. The first-order valence-electron chi connectivity index (χ1n) is 6.74. The fourth-order valence-corrected chi connectivity index (χ4v) is 3.33. The van der Waals surface area contributed by atoms with Gasteiger partial charge in [-0.2, -0.15) is 13.2 Å². The van der Waals surface area contributed by atoms with Gasteiger partial charge >= 0.3 is 6.18 Å². The van der Waals surface area contributed by atoms with Crippen LogP contribution < -0.4 is 5.32 Å². The first-order chi connectivity index (χ1) is 12.3. The molecular weight excluding hydrogens is 459 g/mol. The number of nitrogens with zero attached hydrogens (tertiary/aromatic N) is 4. The smallest absolute Gasteiger partial charge is 0.411 e. The van der Waals surface area contributed by atoms with Crippen molar-refractivity contribution in [3.8, 4) is 11.5 Å². The Labute approximate surface area is 160 Å². The summed E-state index contributed by atoms with van der Waals surface area (Å²) in [4.78, 5) is 11.8. The van der Waals surface area contributed by atoms with Gasteiger partial charge in [0.2, 0.25) is 21.9 Å². The van der Waals surface area contributed by atoms with Crippen molar-refractivity contribution < 1.29 is 22.4 Å². The van der Waals surface area contributed by atoms with Gasteiger partial charge < -0.3 is 4.42 Å². The van der Waals surface area contributed by atoms with E-state index in [1.54, 1.807) is 6.07 Å². The van der Waals surface area contributed by atoms with Crippen LogP contribution in [0.2, 0.25) is 0 Å². The molecule has 0 bridgehead atoms. The van der Waals surface area contributed by atoms with Crippen LogP contribution in [0.25, 0.3) is 11.5 Å². The molecule has 13 heteroatoms. The second kappa shape index (κ2) is 7.72. The molecule has 0 unspecified atom stereocenters. The van der Waals surface area contributed by atoms with Crippen LogP contribution in [0.4, 0.5) is 18.3 Å². The van der Waals surface area contributed by atoms with E-state index in [0.717, 1.165) is 16.2 Å². The lowest BCUT2D eigenvalue weighted by molar-refractivity contribution is -0.138. The Kier molecular flexibility index (Phi) is 5.58. The highest BCUT2D eigenvalue weighted by Crippen LogP contribution is 2.33. The minimum atomic E-state index is -4.60. The van der Waals surface area contributed by atoms with E-state index >= 15 is 0 Å². The number of hydrogen-bond donors (Lipinski definition) is 1. The summed E-state index contributed by atoms with van der Waals surface area (Å²) in [5.74, 6) is -0.432. The Balaban J connectivity index is 1.57. The zero-order valence-electron chi connectivity index (χ0n) is 12.5. The fourth-order valence-electron chi connectivity index (χ4n) is 1.68. The second-order valence-corrected chi connectivity index (χ2v) is 7.36. The fraction of sp³-hybridized carbons (Fsp3) is 0.154. The Bertz CT molecular complexity index is 930. The summed E-state index contributed by atoms with van der Waals surface area (Å²) in [5, 5.41) is 15.0. The summed E-state index contributed by atoms with van der Waals surface area (Å²) in [7, 11) is 0. The number of thioether (sulfide) groups is 1. The van der Waals surface area contributed by atoms with Crippen LogP contribution in [-0.4, -0.2) is 32.1 Å². The predicted molar refractivity (Wildman–Crippen MR) is 91.7 cm³/mol. The number of aromatic nitrogens is 4. The highest BCUT2D eigenvalue weighted by molar-refractivity contribution is 9.10. The maximum absolute atomic E-state index is 12.4. The number of benzene rings is 1. The minimum absolute atomic E-state index is 0.140. The summed E-state index contributed by atoms with van der Waals surface area (Å²) >= 11 is 4.56. The molecule has 0 spiro atoms. The molecule has 136 valence electrons. The summed E-state index contributed by atoms with van der Waals surface area (Å²) in [5.41, 5.74) is 0.699. The van der Waals surface area contributed by atoms with E-state index in [1.165, 1.54) is 0 Å². The van der Waals surface area contributed by atoms with Gasteiger partial charge in [0.25, 0.3) is 5.22 Å². The molecular formula is C13H7BrF3N5O2S2. The molecule has 0 radical (unpaired) electrons. The zero-order chi connectivity index (χ0) is 18.7. The number of hydrogen-bond acceptors (Lipinski definition) is 8. The van der Waals surface area contributed by atoms with Gasteiger partial charge in [-0.15, -0.1) is 20.4 Å². The topological polar surface area (TPSA) is 93.8 Å². The molecule has 0 atom stereocenters. The summed E-state index contributed by atoms with van der Waals surface area (Å²) < 4.78 is 43.5. The third kappa shape index (κ3) is 4.59. The maximum Gasteiger partial charge on any atom is 0.445 e. The van der Waals surface area contributed by atoms with E-state index < -0.39 is 17.1 Å². The standard InChI is InChI=1S/C13H7BrF3N5O2S2/c14-7-4-2-1-3-6(7)9-19-22-12(24-9)25-5-8(23)18-11-21-20-10(26-11)13(15,16)17/h1-4H,5H2,(H,18,21,23). The molecule has 2 heterocycles. The summed E-state index contributed by atoms with van der Waals surface area (Å²) in [6.45, 7) is 0. The molecule has 0 aliphatic carbocycles. The molecule has 7 nitrogen and oxygen atoms in total. The first kappa shape index (κ1) is 18.8. The number of carbonyl (C=O) groups is 1. The molecule has 0 aliphatic rings. The minimum Gasteiger partial charge on any atom is -0.411 e. The second-order valence-electron chi connectivity index (χ2n) is 4.60. The predicted octanol–water partition coefficient (Wildman–Crippen LogP) is 4.10. The van der Waals surface area contributed by atoms with E-state index in [9.17, 15) is 18.0 Å². The molecule has 1 N–H and O–H groups in total. The van der Waals surface area contributed by atoms with Crippen LogP contribution in [0.1, 0.15) is 5.01 Å². The van der Waals surface area contributed by atoms with E-state index in [2.05, 4.69) is 41.6 Å². The number of carbonyl (C=O) groups excluding carboxylic acids is 1. The molecule has 26 heavy (non-hydrogen) atoms. The number of amides is 1. The number of rotatable bonds is 5. The zero-order valence-corrected chi connectivity index (χ0v) is 15.7. The lowest BCUT2D eigenvalue weighted by atomic mass is 10.2. The monoisotopic (exact) mass is 465 g/mol. The molecule has 0 saturated heterocycles. The van der Waals surface area contributed by atoms with Crippen LogP contribution in [0.3, 0.4) is 0 Å². The average molecular weight is 466 g/mol. The lowest BCUT2D eigenvalue weighted by Crippen LogP contribution is -2.13. The molecule has 0 fully saturated rings. The van der Waals surface area contributed by atoms with Crippen molar-refractivity contribution in [3.05, 3.63) is 33.7 Å². The Hall–Kier alpha value is -1.99. The van der Waals surface area contributed by atoms with Crippen molar-refractivity contribution in [2.45, 2.75) is 11.4 Å². The van der Waals surface area contributed by atoms with Gasteiger partial charge in [0.15, 0.2) is 0 Å². The lowest BCUT2D eigenvalue weighted by Gasteiger charge is -1.99. The Morgan fingerprint density at radius 2 is 2.00 bits per heavy atom. The van der Waals surface area contributed by atoms with Crippen LogP contribution in [0, 0.1) is 0 Å². The van der Waals surface area contributed by atoms with Gasteiger partial charge in [0.1, 0.15) is 0 Å². The van der Waals surface area contributed by atoms with Crippen LogP contribution in [0.5, 0.6) is 0 Å². The van der Waals surface area contributed by atoms with E-state index in [4.69, 9.17) is 4.42 Å². The van der Waals surface area contributed by atoms with Crippen LogP contribution >= 0.6 is 39.0 Å². The summed E-state index contributed by atoms with van der Waals surface area (Å²) in [6.07, 6.45) is -4.60. The van der Waals surface area contributed by atoms with Crippen molar-refractivity contribution in [1.82, 2.24) is 20.4 Å². The van der Waals surface area contributed by atoms with Gasteiger partial charge in [-0.1, -0.05) is 35.2 Å². The normalized spacial score (nSPS) is 11.5. The number of anilines is 1. The molecule has 2 aromatic heterocycles. The van der Waals surface area contributed by atoms with Crippen molar-refractivity contribution in [2.24, 2.45) is 0 Å². The van der Waals surface area contributed by atoms with E-state index in [1.807, 2.05) is 18.2 Å². The highest BCUT2D eigenvalue weighted by atomic mass is 79.9. The van der Waals surface area contributed by atoms with Crippen molar-refractivity contribution >= 4 is 50.1 Å². The number of halogens is 4. The van der Waals surface area contributed by atoms with Crippen molar-refractivity contribution in [2.75, 3.05) is 11.1 Å². The molecule has 3 rings (SSSR count). The van der Waals surface area contributed by atoms with Crippen molar-refractivity contribution in [1.29, 1.82) is 0 Å². The third-order valence-corrected chi connectivity index (χ3v) is 5.14. The Morgan fingerprint density at radius 3 is 2.69 bits per heavy atom. The molecule has 1 amide bonds. The van der Waals surface area contributed by atoms with Gasteiger partial charge in [-0.05, 0) is 28.1 Å². The molecule has 1 aromatic carbocycles. The van der Waals surface area contributed by atoms with Gasteiger partial charge in [-0.25, -0.2) is 0 Å². The maximum atomic E-state index is 12.4. The van der Waals surface area contributed by atoms with Crippen LogP contribution in [0.15, 0.2) is 38.4 Å². The van der Waals surface area contributed by atoms with Crippen LogP contribution in [-0.2, 0) is 11.0 Å². The SMILES string of the molecule is O=C(CSc1nnc(-c2ccccc2Br)o1)Nc1nnc(C(F)(F)F)s1. The van der Waals surface area contributed by atoms with Gasteiger partial charge in [0, 0.05) is 4.47 Å².